The monoisotopic (exact) mass is 485 g/mol. The maximum Gasteiger partial charge on any atom is 0.261 e. The van der Waals surface area contributed by atoms with Crippen molar-refractivity contribution in [2.45, 2.75) is 17.4 Å². The lowest BCUT2D eigenvalue weighted by Gasteiger charge is -2.16. The van der Waals surface area contributed by atoms with Gasteiger partial charge in [0, 0.05) is 16.4 Å². The molecule has 3 aromatic carbocycles. The topological polar surface area (TPSA) is 105 Å². The van der Waals surface area contributed by atoms with Gasteiger partial charge in [-0.1, -0.05) is 17.7 Å². The molecule has 10 heteroatoms. The Labute approximate surface area is 196 Å². The quantitative estimate of drug-likeness (QED) is 0.492. The number of rotatable bonds is 7. The highest BCUT2D eigenvalue weighted by Gasteiger charge is 2.39. The average Bonchev–Trinajstić information content (AvgIpc) is 3.07. The summed E-state index contributed by atoms with van der Waals surface area (Å²) < 4.78 is 33.2. The van der Waals surface area contributed by atoms with Crippen LogP contribution in [0.3, 0.4) is 0 Å². The molecule has 1 atom stereocenters. The Hall–Kier alpha value is -3.56. The number of nitrogens with zero attached hydrogens (tertiary/aromatic N) is 1. The van der Waals surface area contributed by atoms with E-state index in [1.807, 2.05) is 0 Å². The highest BCUT2D eigenvalue weighted by Crippen LogP contribution is 2.27. The summed E-state index contributed by atoms with van der Waals surface area (Å²) in [4.78, 5) is 26.4. The van der Waals surface area contributed by atoms with Crippen LogP contribution in [0.1, 0.15) is 6.42 Å². The van der Waals surface area contributed by atoms with Crippen LogP contribution in [0.4, 0.5) is 17.1 Å². The van der Waals surface area contributed by atoms with Gasteiger partial charge in [0.2, 0.25) is 5.91 Å². The molecular weight excluding hydrogens is 466 g/mol. The SMILES string of the molecule is COc1ccc(NS(=O)(=O)c2cccc(NC3CC(=O)N(c4ccc(Cl)cc4)C3=O)c2)cc1. The van der Waals surface area contributed by atoms with Crippen LogP contribution < -0.4 is 19.7 Å². The minimum Gasteiger partial charge on any atom is -0.497 e. The van der Waals surface area contributed by atoms with Gasteiger partial charge in [-0.25, -0.2) is 13.3 Å². The van der Waals surface area contributed by atoms with Crippen LogP contribution in [0.5, 0.6) is 5.75 Å². The third kappa shape index (κ3) is 4.94. The van der Waals surface area contributed by atoms with Crippen molar-refractivity contribution < 1.29 is 22.7 Å². The van der Waals surface area contributed by atoms with Crippen molar-refractivity contribution in [1.29, 1.82) is 0 Å². The van der Waals surface area contributed by atoms with Crippen LogP contribution in [0.15, 0.2) is 77.7 Å². The first kappa shape index (κ1) is 22.6. The number of hydrogen-bond donors (Lipinski definition) is 2. The van der Waals surface area contributed by atoms with Crippen molar-refractivity contribution in [2.75, 3.05) is 22.0 Å². The zero-order chi connectivity index (χ0) is 23.6. The number of benzene rings is 3. The molecule has 1 unspecified atom stereocenters. The summed E-state index contributed by atoms with van der Waals surface area (Å²) in [6.45, 7) is 0. The van der Waals surface area contributed by atoms with Crippen LogP contribution >= 0.6 is 11.6 Å². The smallest absolute Gasteiger partial charge is 0.261 e. The highest BCUT2D eigenvalue weighted by atomic mass is 35.5. The van der Waals surface area contributed by atoms with Gasteiger partial charge >= 0.3 is 0 Å². The minimum absolute atomic E-state index is 0.00893. The van der Waals surface area contributed by atoms with Crippen LogP contribution in [0, 0.1) is 0 Å². The van der Waals surface area contributed by atoms with Gasteiger partial charge in [0.25, 0.3) is 15.9 Å². The minimum atomic E-state index is -3.88. The second-order valence-corrected chi connectivity index (χ2v) is 9.43. The summed E-state index contributed by atoms with van der Waals surface area (Å²) in [6, 6.07) is 18.1. The van der Waals surface area contributed by atoms with E-state index in [0.717, 1.165) is 4.90 Å². The van der Waals surface area contributed by atoms with Gasteiger partial charge in [-0.15, -0.1) is 0 Å². The van der Waals surface area contributed by atoms with Crippen LogP contribution in [0.2, 0.25) is 5.02 Å². The maximum atomic E-state index is 12.8. The molecule has 1 aliphatic rings. The van der Waals surface area contributed by atoms with E-state index < -0.39 is 22.0 Å². The molecule has 2 amide bonds. The summed E-state index contributed by atoms with van der Waals surface area (Å²) >= 11 is 5.88. The second kappa shape index (κ2) is 9.13. The number of carbonyl (C=O) groups excluding carboxylic acids is 2. The van der Waals surface area contributed by atoms with E-state index in [1.165, 1.54) is 19.2 Å². The van der Waals surface area contributed by atoms with Gasteiger partial charge in [0.15, 0.2) is 0 Å². The predicted molar refractivity (Wildman–Crippen MR) is 126 cm³/mol. The van der Waals surface area contributed by atoms with Crippen LogP contribution in [0.25, 0.3) is 0 Å². The maximum absolute atomic E-state index is 12.8. The Kier molecular flexibility index (Phi) is 6.26. The largest absolute Gasteiger partial charge is 0.497 e. The summed E-state index contributed by atoms with van der Waals surface area (Å²) in [5.74, 6) is -0.177. The predicted octanol–water partition coefficient (Wildman–Crippen LogP) is 3.89. The number of nitrogens with one attached hydrogen (secondary N) is 2. The van der Waals surface area contributed by atoms with Gasteiger partial charge in [-0.3, -0.25) is 14.3 Å². The molecule has 170 valence electrons. The first-order valence-electron chi connectivity index (χ1n) is 9.93. The van der Waals surface area contributed by atoms with Crippen LogP contribution in [-0.4, -0.2) is 33.4 Å². The molecule has 0 aliphatic carbocycles. The molecule has 0 bridgehead atoms. The summed E-state index contributed by atoms with van der Waals surface area (Å²) in [5, 5.41) is 3.47. The molecule has 0 spiro atoms. The van der Waals surface area contributed by atoms with E-state index >= 15 is 0 Å². The number of halogens is 1. The Bertz CT molecular complexity index is 1290. The molecule has 0 saturated carbocycles. The molecule has 2 N–H and O–H groups in total. The lowest BCUT2D eigenvalue weighted by atomic mass is 10.2. The molecule has 0 radical (unpaired) electrons. The van der Waals surface area contributed by atoms with Crippen molar-refractivity contribution in [3.63, 3.8) is 0 Å². The Morgan fingerprint density at radius 1 is 0.970 bits per heavy atom. The van der Waals surface area contributed by atoms with E-state index in [4.69, 9.17) is 16.3 Å². The fourth-order valence-electron chi connectivity index (χ4n) is 3.43. The number of carbonyl (C=O) groups is 2. The molecule has 1 saturated heterocycles. The van der Waals surface area contributed by atoms with E-state index in [1.54, 1.807) is 60.7 Å². The summed E-state index contributed by atoms with van der Waals surface area (Å²) in [5.41, 5.74) is 1.21. The van der Waals surface area contributed by atoms with Gasteiger partial charge in [-0.05, 0) is 66.7 Å². The molecule has 33 heavy (non-hydrogen) atoms. The lowest BCUT2D eigenvalue weighted by Crippen LogP contribution is -2.34. The third-order valence-corrected chi connectivity index (χ3v) is 6.69. The number of methoxy groups -OCH3 is 1. The van der Waals surface area contributed by atoms with Gasteiger partial charge in [0.05, 0.1) is 24.1 Å². The molecule has 3 aromatic rings. The number of ether oxygens (including phenoxy) is 1. The van der Waals surface area contributed by atoms with E-state index in [-0.39, 0.29) is 17.2 Å². The second-order valence-electron chi connectivity index (χ2n) is 7.31. The molecule has 0 aromatic heterocycles. The van der Waals surface area contributed by atoms with Crippen molar-refractivity contribution in [1.82, 2.24) is 0 Å². The van der Waals surface area contributed by atoms with Gasteiger partial charge in [-0.2, -0.15) is 0 Å². The molecule has 1 heterocycles. The Morgan fingerprint density at radius 2 is 1.67 bits per heavy atom. The average molecular weight is 486 g/mol. The first-order valence-corrected chi connectivity index (χ1v) is 11.8. The number of sulfonamides is 1. The van der Waals surface area contributed by atoms with Crippen molar-refractivity contribution in [3.8, 4) is 5.75 Å². The van der Waals surface area contributed by atoms with Crippen molar-refractivity contribution in [3.05, 3.63) is 77.8 Å². The molecular formula is C23H20ClN3O5S. The zero-order valence-corrected chi connectivity index (χ0v) is 19.1. The highest BCUT2D eigenvalue weighted by molar-refractivity contribution is 7.92. The summed E-state index contributed by atoms with van der Waals surface area (Å²) in [6.07, 6.45) is -0.0530. The van der Waals surface area contributed by atoms with E-state index in [9.17, 15) is 18.0 Å². The summed E-state index contributed by atoms with van der Waals surface area (Å²) in [7, 11) is -2.35. The number of hydrogen-bond acceptors (Lipinski definition) is 6. The van der Waals surface area contributed by atoms with Crippen molar-refractivity contribution >= 4 is 50.5 Å². The number of amides is 2. The number of imide groups is 1. The normalized spacial score (nSPS) is 16.1. The fraction of sp³-hybridized carbons (Fsp3) is 0.130. The van der Waals surface area contributed by atoms with Gasteiger partial charge < -0.3 is 10.1 Å². The molecule has 4 rings (SSSR count). The Morgan fingerprint density at radius 3 is 2.33 bits per heavy atom. The van der Waals surface area contributed by atoms with E-state index in [0.29, 0.717) is 27.8 Å². The molecule has 1 aliphatic heterocycles. The zero-order valence-electron chi connectivity index (χ0n) is 17.5. The van der Waals surface area contributed by atoms with Crippen LogP contribution in [-0.2, 0) is 19.6 Å². The number of anilines is 3. The fourth-order valence-corrected chi connectivity index (χ4v) is 4.66. The molecule has 1 fully saturated rings. The van der Waals surface area contributed by atoms with E-state index in [2.05, 4.69) is 10.0 Å². The third-order valence-electron chi connectivity index (χ3n) is 5.06. The molecule has 8 nitrogen and oxygen atoms in total. The van der Waals surface area contributed by atoms with Crippen molar-refractivity contribution in [2.24, 2.45) is 0 Å². The first-order chi connectivity index (χ1) is 15.8. The lowest BCUT2D eigenvalue weighted by molar-refractivity contribution is -0.121. The van der Waals surface area contributed by atoms with Gasteiger partial charge in [0.1, 0.15) is 11.8 Å². The Balaban J connectivity index is 1.50. The standard InChI is InChI=1S/C23H20ClN3O5S/c1-32-19-11-7-16(8-12-19)26-33(30,31)20-4-2-3-17(13-20)25-21-14-22(28)27(23(21)29)18-9-5-15(24)6-10-18/h2-13,21,25-26H,14H2,1H3.